The summed E-state index contributed by atoms with van der Waals surface area (Å²) < 4.78 is 5.87. The summed E-state index contributed by atoms with van der Waals surface area (Å²) in [4.78, 5) is 0. The second kappa shape index (κ2) is 5.94. The third-order valence-corrected chi connectivity index (χ3v) is 4.70. The molecular weight excluding hydrogens is 176 g/mol. The van der Waals surface area contributed by atoms with E-state index >= 15 is 0 Å². The highest BCUT2D eigenvalue weighted by Gasteiger charge is 2.05. The molecule has 0 aliphatic rings. The van der Waals surface area contributed by atoms with Gasteiger partial charge in [-0.15, -0.1) is 0 Å². The van der Waals surface area contributed by atoms with Crippen LogP contribution in [0, 0.1) is 0 Å². The first kappa shape index (κ1) is 10.5. The minimum absolute atomic E-state index is 0.805. The van der Waals surface area contributed by atoms with Crippen LogP contribution in [0.4, 0.5) is 0 Å². The largest absolute Gasteiger partial charge is 0.416 e. The first-order valence-corrected chi connectivity index (χ1v) is 7.12. The fourth-order valence-electron chi connectivity index (χ4n) is 1.31. The Balaban J connectivity index is 2.34. The van der Waals surface area contributed by atoms with Gasteiger partial charge in [0.1, 0.15) is 0 Å². The van der Waals surface area contributed by atoms with Crippen molar-refractivity contribution in [2.24, 2.45) is 0 Å². The van der Waals surface area contributed by atoms with E-state index in [1.165, 1.54) is 17.7 Å². The summed E-state index contributed by atoms with van der Waals surface area (Å²) in [6, 6.07) is 12.9. The van der Waals surface area contributed by atoms with E-state index in [9.17, 15) is 0 Å². The van der Waals surface area contributed by atoms with Crippen LogP contribution in [0.3, 0.4) is 0 Å². The maximum absolute atomic E-state index is 5.87. The van der Waals surface area contributed by atoms with Gasteiger partial charge in [0.15, 0.2) is 9.04 Å². The van der Waals surface area contributed by atoms with Gasteiger partial charge >= 0.3 is 0 Å². The highest BCUT2D eigenvalue weighted by Crippen LogP contribution is 2.06. The molecule has 0 N–H and O–H groups in total. The van der Waals surface area contributed by atoms with Crippen molar-refractivity contribution in [2.75, 3.05) is 0 Å². The second-order valence-corrected chi connectivity index (χ2v) is 6.45. The minimum atomic E-state index is -0.862. The molecule has 0 atom stereocenters. The van der Waals surface area contributed by atoms with Gasteiger partial charge in [-0.1, -0.05) is 44.2 Å². The van der Waals surface area contributed by atoms with Crippen molar-refractivity contribution in [3.05, 3.63) is 35.9 Å². The molecule has 0 unspecified atom stereocenters. The van der Waals surface area contributed by atoms with Crippen LogP contribution >= 0.6 is 0 Å². The molecule has 0 aromatic heterocycles. The fraction of sp³-hybridized carbons (Fsp3) is 0.455. The molecule has 0 saturated heterocycles. The summed E-state index contributed by atoms with van der Waals surface area (Å²) in [5.41, 5.74) is 1.29. The number of rotatable bonds is 5. The quantitative estimate of drug-likeness (QED) is 0.655. The van der Waals surface area contributed by atoms with Gasteiger partial charge in [-0.25, -0.2) is 0 Å². The predicted molar refractivity (Wildman–Crippen MR) is 59.3 cm³/mol. The first-order chi connectivity index (χ1) is 6.36. The molecule has 0 bridgehead atoms. The molecule has 1 rings (SSSR count). The monoisotopic (exact) mass is 194 g/mol. The van der Waals surface area contributed by atoms with Crippen LogP contribution in [0.5, 0.6) is 0 Å². The smallest absolute Gasteiger partial charge is 0.176 e. The lowest BCUT2D eigenvalue weighted by atomic mass is 10.2. The normalized spacial score (nSPS) is 10.7. The van der Waals surface area contributed by atoms with E-state index in [0.29, 0.717) is 0 Å². The minimum Gasteiger partial charge on any atom is -0.416 e. The first-order valence-electron chi connectivity index (χ1n) is 5.02. The van der Waals surface area contributed by atoms with E-state index in [1.807, 2.05) is 6.07 Å². The van der Waals surface area contributed by atoms with Crippen molar-refractivity contribution in [1.82, 2.24) is 0 Å². The van der Waals surface area contributed by atoms with Crippen molar-refractivity contribution in [1.29, 1.82) is 0 Å². The summed E-state index contributed by atoms with van der Waals surface area (Å²) in [7, 11) is -0.862. The van der Waals surface area contributed by atoms with Crippen LogP contribution in [0.2, 0.25) is 12.1 Å². The Hall–Kier alpha value is -0.603. The Morgan fingerprint density at radius 3 is 2.23 bits per heavy atom. The third-order valence-electron chi connectivity index (χ3n) is 2.24. The lowest BCUT2D eigenvalue weighted by Gasteiger charge is -2.11. The molecule has 0 fully saturated rings. The number of benzene rings is 1. The van der Waals surface area contributed by atoms with Crippen LogP contribution in [0.15, 0.2) is 30.3 Å². The van der Waals surface area contributed by atoms with Gasteiger partial charge in [-0.3, -0.25) is 0 Å². The second-order valence-electron chi connectivity index (χ2n) is 3.24. The Bertz CT molecular complexity index is 219. The summed E-state index contributed by atoms with van der Waals surface area (Å²) in [5.74, 6) is 0. The molecular formula is C11H18OSi. The van der Waals surface area contributed by atoms with Crippen LogP contribution in [0.25, 0.3) is 0 Å². The molecule has 0 saturated carbocycles. The predicted octanol–water partition coefficient (Wildman–Crippen LogP) is 2.97. The van der Waals surface area contributed by atoms with Crippen molar-refractivity contribution < 1.29 is 4.43 Å². The molecule has 1 nitrogen and oxygen atoms in total. The average molecular weight is 194 g/mol. The molecule has 0 spiro atoms. The number of hydrogen-bond donors (Lipinski definition) is 0. The Kier molecular flexibility index (Phi) is 4.79. The molecule has 0 radical (unpaired) electrons. The van der Waals surface area contributed by atoms with Crippen LogP contribution in [0.1, 0.15) is 19.4 Å². The summed E-state index contributed by atoms with van der Waals surface area (Å²) in [5, 5.41) is 0. The summed E-state index contributed by atoms with van der Waals surface area (Å²) >= 11 is 0. The van der Waals surface area contributed by atoms with Gasteiger partial charge in [-0.2, -0.15) is 0 Å². The van der Waals surface area contributed by atoms with E-state index in [-0.39, 0.29) is 0 Å². The standard InChI is InChI=1S/C11H18OSi/c1-3-13(4-2)12-10-11-8-6-5-7-9-11/h5-9,13H,3-4,10H2,1-2H3. The highest BCUT2D eigenvalue weighted by atomic mass is 28.3. The average Bonchev–Trinajstić information content (AvgIpc) is 2.21. The van der Waals surface area contributed by atoms with Crippen molar-refractivity contribution in [2.45, 2.75) is 32.5 Å². The van der Waals surface area contributed by atoms with Crippen molar-refractivity contribution >= 4 is 9.04 Å². The molecule has 1 aromatic rings. The molecule has 0 heterocycles. The maximum atomic E-state index is 5.87. The van der Waals surface area contributed by atoms with E-state index in [2.05, 4.69) is 38.1 Å². The van der Waals surface area contributed by atoms with Gasteiger partial charge < -0.3 is 4.43 Å². The van der Waals surface area contributed by atoms with Crippen LogP contribution in [-0.2, 0) is 11.0 Å². The van der Waals surface area contributed by atoms with Gasteiger partial charge in [0.2, 0.25) is 0 Å². The van der Waals surface area contributed by atoms with Gasteiger partial charge in [0.05, 0.1) is 6.61 Å². The van der Waals surface area contributed by atoms with Crippen molar-refractivity contribution in [3.63, 3.8) is 0 Å². The molecule has 0 aliphatic carbocycles. The lowest BCUT2D eigenvalue weighted by Crippen LogP contribution is -2.14. The fourth-order valence-corrected chi connectivity index (χ4v) is 2.79. The Labute approximate surface area is 82.5 Å². The number of hydrogen-bond acceptors (Lipinski definition) is 1. The lowest BCUT2D eigenvalue weighted by molar-refractivity contribution is 0.307. The van der Waals surface area contributed by atoms with Gasteiger partial charge in [-0.05, 0) is 17.7 Å². The third kappa shape index (κ3) is 3.74. The maximum Gasteiger partial charge on any atom is 0.176 e. The van der Waals surface area contributed by atoms with E-state index in [1.54, 1.807) is 0 Å². The van der Waals surface area contributed by atoms with Gasteiger partial charge in [0.25, 0.3) is 0 Å². The zero-order valence-corrected chi connectivity index (χ0v) is 9.65. The Morgan fingerprint density at radius 1 is 1.08 bits per heavy atom. The molecule has 2 heteroatoms. The molecule has 1 aromatic carbocycles. The SMILES string of the molecule is CC[SiH](CC)OCc1ccccc1. The molecule has 13 heavy (non-hydrogen) atoms. The molecule has 0 amide bonds. The summed E-state index contributed by atoms with van der Waals surface area (Å²) in [6.07, 6.45) is 0. The van der Waals surface area contributed by atoms with Crippen LogP contribution < -0.4 is 0 Å². The zero-order chi connectivity index (χ0) is 9.52. The Morgan fingerprint density at radius 2 is 1.69 bits per heavy atom. The van der Waals surface area contributed by atoms with E-state index in [0.717, 1.165) is 6.61 Å². The molecule has 0 aliphatic heterocycles. The van der Waals surface area contributed by atoms with Gasteiger partial charge in [0, 0.05) is 0 Å². The van der Waals surface area contributed by atoms with E-state index in [4.69, 9.17) is 4.43 Å². The topological polar surface area (TPSA) is 9.23 Å². The summed E-state index contributed by atoms with van der Waals surface area (Å²) in [6.45, 7) is 5.26. The van der Waals surface area contributed by atoms with E-state index < -0.39 is 9.04 Å². The van der Waals surface area contributed by atoms with Crippen LogP contribution in [-0.4, -0.2) is 9.04 Å². The molecule has 72 valence electrons. The zero-order valence-electron chi connectivity index (χ0n) is 8.49. The van der Waals surface area contributed by atoms with Crippen molar-refractivity contribution in [3.8, 4) is 0 Å². The highest BCUT2D eigenvalue weighted by molar-refractivity contribution is 6.51.